The number of fused-ring (bicyclic) bond motifs is 4. The zero-order valence-electron chi connectivity index (χ0n) is 33.0. The van der Waals surface area contributed by atoms with Crippen molar-refractivity contribution in [3.8, 4) is 0 Å². The molecule has 17 heteroatoms. The average molecular weight is 873 g/mol. The Bertz CT molecular complexity index is 2580. The Morgan fingerprint density at radius 1 is 0.807 bits per heavy atom. The second kappa shape index (κ2) is 18.2. The van der Waals surface area contributed by atoms with Crippen molar-refractivity contribution >= 4 is 69.8 Å². The molecule has 6 rings (SSSR count). The standard InChI is InChI=1S/C40H45ClN2O9S3.2Na/c1-39(2)32-12-5-6-13-33(32)42(22-8-24-53(44,45)46)35(39)20-15-27-10-7-11-28(38(27)41)16-21-36-40(3,4)37-31-18-17-30(55(50,51)52)26-29(31)14-19-34(37)43(36)23-9-25-54(47,48)49;;/h5-6,12-21,26H,7-11,22-25H2,1-4H3,(H2-,44,45,46,47,48,49,50,51,52);;/q;2*+1/p-2. The van der Waals surface area contributed by atoms with E-state index in [1.54, 1.807) is 12.1 Å². The largest absolute Gasteiger partial charge is 1.00 e. The molecule has 2 aliphatic heterocycles. The molecule has 294 valence electrons. The molecule has 0 saturated carbocycles. The summed E-state index contributed by atoms with van der Waals surface area (Å²) in [6.07, 6.45) is 10.5. The zero-order chi connectivity index (χ0) is 40.1. The van der Waals surface area contributed by atoms with Crippen LogP contribution in [0.1, 0.15) is 70.9 Å². The van der Waals surface area contributed by atoms with E-state index in [4.69, 9.17) is 11.6 Å². The summed E-state index contributed by atoms with van der Waals surface area (Å²) in [4.78, 5) is 1.74. The summed E-state index contributed by atoms with van der Waals surface area (Å²) in [5, 5.41) is 1.92. The summed E-state index contributed by atoms with van der Waals surface area (Å²) in [7, 11) is -13.5. The van der Waals surface area contributed by atoms with Gasteiger partial charge < -0.3 is 18.6 Å². The molecular formula is C40H43ClN2Na2O9S3. The van der Waals surface area contributed by atoms with Gasteiger partial charge in [0.2, 0.25) is 5.69 Å². The summed E-state index contributed by atoms with van der Waals surface area (Å²) in [6.45, 7) is 8.84. The van der Waals surface area contributed by atoms with Crippen LogP contribution < -0.4 is 64.0 Å². The quantitative estimate of drug-likeness (QED) is 0.144. The second-order valence-electron chi connectivity index (χ2n) is 15.3. The minimum Gasteiger partial charge on any atom is -0.748 e. The van der Waals surface area contributed by atoms with Crippen LogP contribution in [-0.4, -0.2) is 73.8 Å². The van der Waals surface area contributed by atoms with Crippen molar-refractivity contribution in [3.05, 3.63) is 112 Å². The molecule has 0 unspecified atom stereocenters. The van der Waals surface area contributed by atoms with E-state index in [1.165, 1.54) is 12.1 Å². The minimum atomic E-state index is -4.68. The molecule has 1 aliphatic carbocycles. The maximum Gasteiger partial charge on any atom is 1.00 e. The summed E-state index contributed by atoms with van der Waals surface area (Å²) >= 11 is 7.13. The van der Waals surface area contributed by atoms with Gasteiger partial charge in [-0.15, -0.1) is 0 Å². The molecule has 0 fully saturated rings. The Kier molecular flexibility index (Phi) is 15.3. The van der Waals surface area contributed by atoms with E-state index in [1.807, 2.05) is 67.0 Å². The van der Waals surface area contributed by atoms with Crippen molar-refractivity contribution < 1.29 is 103 Å². The third kappa shape index (κ3) is 10.5. The number of halogens is 1. The van der Waals surface area contributed by atoms with Crippen LogP contribution in [0.2, 0.25) is 0 Å². The van der Waals surface area contributed by atoms with Crippen LogP contribution in [0.25, 0.3) is 10.8 Å². The van der Waals surface area contributed by atoms with E-state index in [2.05, 4.69) is 24.8 Å². The van der Waals surface area contributed by atoms with Gasteiger partial charge in [0.25, 0.3) is 0 Å². The first-order chi connectivity index (χ1) is 25.6. The van der Waals surface area contributed by atoms with Crippen LogP contribution in [0.15, 0.2) is 106 Å². The normalized spacial score (nSPS) is 19.3. The van der Waals surface area contributed by atoms with Gasteiger partial charge in [-0.05, 0) is 97.4 Å². The van der Waals surface area contributed by atoms with Crippen molar-refractivity contribution in [2.24, 2.45) is 0 Å². The van der Waals surface area contributed by atoms with Crippen LogP contribution >= 0.6 is 11.6 Å². The van der Waals surface area contributed by atoms with Crippen molar-refractivity contribution in [2.45, 2.75) is 75.5 Å². The Hall–Kier alpha value is -1.63. The van der Waals surface area contributed by atoms with Crippen LogP contribution in [0, 0.1) is 0 Å². The van der Waals surface area contributed by atoms with Crippen molar-refractivity contribution in [1.29, 1.82) is 0 Å². The van der Waals surface area contributed by atoms with E-state index >= 15 is 0 Å². The topological polar surface area (TPSA) is 178 Å². The number of hydrogen-bond acceptors (Lipinski definition) is 10. The monoisotopic (exact) mass is 872 g/mol. The number of hydrogen-bond donors (Lipinski definition) is 0. The minimum absolute atomic E-state index is 0. The predicted molar refractivity (Wildman–Crippen MR) is 212 cm³/mol. The van der Waals surface area contributed by atoms with E-state index in [0.717, 1.165) is 63.3 Å². The first-order valence-corrected chi connectivity index (χ1v) is 22.9. The number of benzene rings is 3. The fraction of sp³-hybridized carbons (Fsp3) is 0.375. The van der Waals surface area contributed by atoms with Gasteiger partial charge in [-0.1, -0.05) is 61.9 Å². The van der Waals surface area contributed by atoms with E-state index < -0.39 is 52.7 Å². The third-order valence-electron chi connectivity index (χ3n) is 10.8. The third-order valence-corrected chi connectivity index (χ3v) is 13.7. The Labute approximate surface area is 385 Å². The Morgan fingerprint density at radius 2 is 1.47 bits per heavy atom. The molecule has 0 amide bonds. The summed E-state index contributed by atoms with van der Waals surface area (Å²) < 4.78 is 106. The van der Waals surface area contributed by atoms with E-state index in [9.17, 15) is 38.9 Å². The van der Waals surface area contributed by atoms with Gasteiger partial charge in [0.05, 0.1) is 30.5 Å². The fourth-order valence-electron chi connectivity index (χ4n) is 8.22. The summed E-state index contributed by atoms with van der Waals surface area (Å²) in [5.74, 6) is -0.990. The molecule has 0 atom stereocenters. The number of anilines is 1. The molecule has 57 heavy (non-hydrogen) atoms. The van der Waals surface area contributed by atoms with Crippen LogP contribution in [-0.2, 0) is 41.2 Å². The van der Waals surface area contributed by atoms with Gasteiger partial charge in [-0.3, -0.25) is 0 Å². The molecule has 3 aliphatic rings. The molecule has 0 N–H and O–H groups in total. The van der Waals surface area contributed by atoms with Crippen molar-refractivity contribution in [1.82, 2.24) is 0 Å². The van der Waals surface area contributed by atoms with Crippen LogP contribution in [0.5, 0.6) is 0 Å². The summed E-state index contributed by atoms with van der Waals surface area (Å²) in [5.41, 5.74) is 6.27. The maximum atomic E-state index is 11.8. The second-order valence-corrected chi connectivity index (χ2v) is 20.1. The van der Waals surface area contributed by atoms with Gasteiger partial charge in [0, 0.05) is 64.0 Å². The molecule has 0 bridgehead atoms. The molecule has 0 radical (unpaired) electrons. The number of nitrogens with zero attached hydrogens (tertiary/aromatic N) is 2. The zero-order valence-corrected chi connectivity index (χ0v) is 40.2. The predicted octanol–water partition coefficient (Wildman–Crippen LogP) is 0.840. The SMILES string of the molecule is CC1(C)C(=CC=C2CCCC(C=CC3=[N+](CCCS(=O)(=O)[O-])c4ccc5cc(S(=O)(=O)[O-])ccc5c4C3(C)C)=C2Cl)N(CCCS(=O)(=O)[O-])c2ccccc21.[Na+].[Na+]. The molecule has 3 aromatic rings. The van der Waals surface area contributed by atoms with Crippen LogP contribution in [0.4, 0.5) is 11.4 Å². The number of allylic oxidation sites excluding steroid dienone is 8. The molecular weight excluding hydrogens is 830 g/mol. The number of rotatable bonds is 12. The summed E-state index contributed by atoms with van der Waals surface area (Å²) in [6, 6.07) is 15.8. The molecule has 0 spiro atoms. The fourth-order valence-corrected chi connectivity index (χ4v) is 10.0. The smallest absolute Gasteiger partial charge is 0.748 e. The molecule has 2 heterocycles. The van der Waals surface area contributed by atoms with Gasteiger partial charge in [-0.2, -0.15) is 4.58 Å². The van der Waals surface area contributed by atoms with Gasteiger partial charge >= 0.3 is 59.1 Å². The first kappa shape index (κ1) is 48.0. The van der Waals surface area contributed by atoms with Gasteiger partial charge in [0.1, 0.15) is 16.7 Å². The number of para-hydroxylation sites is 1. The van der Waals surface area contributed by atoms with E-state index in [0.29, 0.717) is 23.4 Å². The van der Waals surface area contributed by atoms with Crippen molar-refractivity contribution in [2.75, 3.05) is 29.5 Å². The van der Waals surface area contributed by atoms with Crippen LogP contribution in [0.3, 0.4) is 0 Å². The van der Waals surface area contributed by atoms with Gasteiger partial charge in [0.15, 0.2) is 5.71 Å². The van der Waals surface area contributed by atoms with Crippen molar-refractivity contribution in [3.63, 3.8) is 0 Å². The van der Waals surface area contributed by atoms with E-state index in [-0.39, 0.29) is 83.4 Å². The Morgan fingerprint density at radius 3 is 2.14 bits per heavy atom. The Balaban J connectivity index is 0.00000360. The molecule has 0 aromatic heterocycles. The maximum absolute atomic E-state index is 11.8. The molecule has 0 saturated heterocycles. The average Bonchev–Trinajstić information content (AvgIpc) is 3.43. The molecule has 3 aromatic carbocycles. The van der Waals surface area contributed by atoms with Gasteiger partial charge in [-0.25, -0.2) is 25.3 Å². The molecule has 11 nitrogen and oxygen atoms in total. The first-order valence-electron chi connectivity index (χ1n) is 18.0.